The average Bonchev–Trinajstić information content (AvgIpc) is 2.72. The summed E-state index contributed by atoms with van der Waals surface area (Å²) in [5, 5.41) is 0.543. The second-order valence-electron chi connectivity index (χ2n) is 7.24. The predicted octanol–water partition coefficient (Wildman–Crippen LogP) is 3.83. The zero-order valence-electron chi connectivity index (χ0n) is 12.7. The van der Waals surface area contributed by atoms with E-state index in [9.17, 15) is 8.42 Å². The van der Waals surface area contributed by atoms with Gasteiger partial charge >= 0.3 is 0 Å². The molecule has 1 N–H and O–H groups in total. The van der Waals surface area contributed by atoms with Crippen molar-refractivity contribution in [1.82, 2.24) is 4.72 Å². The minimum absolute atomic E-state index is 0.0203. The van der Waals surface area contributed by atoms with E-state index in [1.807, 2.05) is 0 Å². The van der Waals surface area contributed by atoms with Crippen molar-refractivity contribution in [3.05, 3.63) is 29.3 Å². The number of hydrogen-bond acceptors (Lipinski definition) is 2. The summed E-state index contributed by atoms with van der Waals surface area (Å²) >= 11 is 5.83. The quantitative estimate of drug-likeness (QED) is 0.917. The number of fused-ring (bicyclic) bond motifs is 2. The van der Waals surface area contributed by atoms with E-state index in [1.54, 1.807) is 24.3 Å². The first kappa shape index (κ1) is 15.3. The van der Waals surface area contributed by atoms with Crippen LogP contribution in [0.3, 0.4) is 0 Å². The third-order valence-corrected chi connectivity index (χ3v) is 7.95. The molecule has 1 aromatic rings. The molecular weight excluding hydrogens is 306 g/mol. The van der Waals surface area contributed by atoms with Crippen LogP contribution in [0.25, 0.3) is 0 Å². The third kappa shape index (κ3) is 2.23. The molecule has 116 valence electrons. The lowest BCUT2D eigenvalue weighted by atomic mass is 9.69. The fourth-order valence-corrected chi connectivity index (χ4v) is 5.74. The monoisotopic (exact) mass is 327 g/mol. The van der Waals surface area contributed by atoms with Crippen LogP contribution in [0, 0.1) is 16.7 Å². The van der Waals surface area contributed by atoms with Crippen LogP contribution in [0.5, 0.6) is 0 Å². The zero-order chi connectivity index (χ0) is 15.5. The number of halogens is 1. The smallest absolute Gasteiger partial charge is 0.207 e. The lowest BCUT2D eigenvalue weighted by Gasteiger charge is -2.39. The van der Waals surface area contributed by atoms with Crippen LogP contribution in [0.1, 0.15) is 40.0 Å². The second kappa shape index (κ2) is 4.71. The van der Waals surface area contributed by atoms with Gasteiger partial charge in [-0.3, -0.25) is 0 Å². The highest BCUT2D eigenvalue weighted by Crippen LogP contribution is 2.65. The van der Waals surface area contributed by atoms with Crippen molar-refractivity contribution in [3.63, 3.8) is 0 Å². The summed E-state index contributed by atoms with van der Waals surface area (Å²) in [7, 11) is -3.48. The van der Waals surface area contributed by atoms with Gasteiger partial charge in [-0.05, 0) is 60.3 Å². The van der Waals surface area contributed by atoms with Gasteiger partial charge < -0.3 is 0 Å². The Morgan fingerprint density at radius 1 is 1.19 bits per heavy atom. The van der Waals surface area contributed by atoms with Crippen LogP contribution in [0.15, 0.2) is 29.2 Å². The Morgan fingerprint density at radius 2 is 1.81 bits per heavy atom. The molecule has 0 amide bonds. The largest absolute Gasteiger partial charge is 0.240 e. The molecular formula is C16H22ClNO2S. The molecule has 3 atom stereocenters. The highest BCUT2D eigenvalue weighted by Gasteiger charge is 2.61. The van der Waals surface area contributed by atoms with E-state index < -0.39 is 10.0 Å². The first-order valence-corrected chi connectivity index (χ1v) is 9.31. The molecule has 0 aromatic heterocycles. The molecule has 0 aliphatic heterocycles. The standard InChI is InChI=1S/C16H22ClNO2S/c1-15(2)11-8-9-16(15,3)14(10-11)18-21(19,20)13-6-4-12(17)5-7-13/h4-7,11,14,18H,8-10H2,1-3H3/t11-,14-,16+/m0/s1. The maximum absolute atomic E-state index is 12.6. The Labute approximate surface area is 132 Å². The number of sulfonamides is 1. The molecule has 2 saturated carbocycles. The van der Waals surface area contributed by atoms with Crippen molar-refractivity contribution in [2.24, 2.45) is 16.7 Å². The van der Waals surface area contributed by atoms with Crippen molar-refractivity contribution in [3.8, 4) is 0 Å². The van der Waals surface area contributed by atoms with Crippen LogP contribution in [0.2, 0.25) is 5.02 Å². The van der Waals surface area contributed by atoms with E-state index in [2.05, 4.69) is 25.5 Å². The summed E-state index contributed by atoms with van der Waals surface area (Å²) in [6.07, 6.45) is 3.25. The lowest BCUT2D eigenvalue weighted by Crippen LogP contribution is -2.46. The van der Waals surface area contributed by atoms with E-state index in [-0.39, 0.29) is 21.8 Å². The molecule has 2 fully saturated rings. The minimum Gasteiger partial charge on any atom is -0.207 e. The van der Waals surface area contributed by atoms with Gasteiger partial charge in [0.2, 0.25) is 10.0 Å². The second-order valence-corrected chi connectivity index (χ2v) is 9.39. The Kier molecular flexibility index (Phi) is 3.43. The third-order valence-electron chi connectivity index (χ3n) is 6.22. The SMILES string of the molecule is CC1(C)[C@H]2CC[C@]1(C)[C@@H](NS(=O)(=O)c1ccc(Cl)cc1)C2. The Bertz CT molecular complexity index is 653. The topological polar surface area (TPSA) is 46.2 Å². The van der Waals surface area contributed by atoms with Crippen LogP contribution >= 0.6 is 11.6 Å². The van der Waals surface area contributed by atoms with Crippen LogP contribution in [-0.2, 0) is 10.0 Å². The van der Waals surface area contributed by atoms with Crippen molar-refractivity contribution < 1.29 is 8.42 Å². The Hall–Kier alpha value is -0.580. The number of benzene rings is 1. The minimum atomic E-state index is -3.48. The van der Waals surface area contributed by atoms with Crippen molar-refractivity contribution in [2.75, 3.05) is 0 Å². The summed E-state index contributed by atoms with van der Waals surface area (Å²) < 4.78 is 28.1. The van der Waals surface area contributed by atoms with Crippen molar-refractivity contribution >= 4 is 21.6 Å². The highest BCUT2D eigenvalue weighted by atomic mass is 35.5. The van der Waals surface area contributed by atoms with Gasteiger partial charge in [-0.15, -0.1) is 0 Å². The van der Waals surface area contributed by atoms with Gasteiger partial charge in [-0.1, -0.05) is 32.4 Å². The predicted molar refractivity (Wildman–Crippen MR) is 84.8 cm³/mol. The molecule has 3 nitrogen and oxygen atoms in total. The van der Waals surface area contributed by atoms with Gasteiger partial charge in [0.15, 0.2) is 0 Å². The van der Waals surface area contributed by atoms with E-state index in [4.69, 9.17) is 11.6 Å². The summed E-state index contributed by atoms with van der Waals surface area (Å²) in [6.45, 7) is 6.79. The summed E-state index contributed by atoms with van der Waals surface area (Å²) in [4.78, 5) is 0.288. The molecule has 5 heteroatoms. The average molecular weight is 328 g/mol. The molecule has 0 spiro atoms. The molecule has 0 unspecified atom stereocenters. The Balaban J connectivity index is 1.86. The van der Waals surface area contributed by atoms with E-state index in [0.29, 0.717) is 10.9 Å². The molecule has 2 aliphatic rings. The fourth-order valence-electron chi connectivity index (χ4n) is 4.25. The maximum atomic E-state index is 12.6. The molecule has 0 radical (unpaired) electrons. The lowest BCUT2D eigenvalue weighted by molar-refractivity contribution is 0.130. The fraction of sp³-hybridized carbons (Fsp3) is 0.625. The highest BCUT2D eigenvalue weighted by molar-refractivity contribution is 7.89. The summed E-state index contributed by atoms with van der Waals surface area (Å²) in [6, 6.07) is 6.37. The first-order chi connectivity index (χ1) is 9.67. The van der Waals surface area contributed by atoms with E-state index >= 15 is 0 Å². The van der Waals surface area contributed by atoms with Crippen LogP contribution < -0.4 is 4.72 Å². The number of hydrogen-bond donors (Lipinski definition) is 1. The molecule has 1 aromatic carbocycles. The van der Waals surface area contributed by atoms with Gasteiger partial charge in [0.1, 0.15) is 0 Å². The van der Waals surface area contributed by atoms with Gasteiger partial charge in [-0.25, -0.2) is 13.1 Å². The molecule has 2 bridgehead atoms. The molecule has 21 heavy (non-hydrogen) atoms. The molecule has 0 heterocycles. The zero-order valence-corrected chi connectivity index (χ0v) is 14.3. The van der Waals surface area contributed by atoms with E-state index in [0.717, 1.165) is 12.8 Å². The van der Waals surface area contributed by atoms with Gasteiger partial charge in [-0.2, -0.15) is 0 Å². The summed E-state index contributed by atoms with van der Waals surface area (Å²) in [5.74, 6) is 0.611. The molecule has 3 rings (SSSR count). The maximum Gasteiger partial charge on any atom is 0.240 e. The normalized spacial score (nSPS) is 34.3. The number of nitrogens with one attached hydrogen (secondary N) is 1. The van der Waals surface area contributed by atoms with E-state index in [1.165, 1.54) is 6.42 Å². The van der Waals surface area contributed by atoms with Crippen molar-refractivity contribution in [1.29, 1.82) is 0 Å². The van der Waals surface area contributed by atoms with Gasteiger partial charge in [0.25, 0.3) is 0 Å². The molecule has 0 saturated heterocycles. The Morgan fingerprint density at radius 3 is 2.29 bits per heavy atom. The first-order valence-electron chi connectivity index (χ1n) is 7.45. The summed E-state index contributed by atoms with van der Waals surface area (Å²) in [5.41, 5.74) is 0.233. The molecule has 2 aliphatic carbocycles. The van der Waals surface area contributed by atoms with Crippen LogP contribution in [0.4, 0.5) is 0 Å². The van der Waals surface area contributed by atoms with Crippen LogP contribution in [-0.4, -0.2) is 14.5 Å². The van der Waals surface area contributed by atoms with Gasteiger partial charge in [0, 0.05) is 11.1 Å². The van der Waals surface area contributed by atoms with Crippen molar-refractivity contribution in [2.45, 2.75) is 51.0 Å². The van der Waals surface area contributed by atoms with Gasteiger partial charge in [0.05, 0.1) is 4.90 Å². The number of rotatable bonds is 3.